The summed E-state index contributed by atoms with van der Waals surface area (Å²) in [6.45, 7) is 1.98. The fraction of sp³-hybridized carbons (Fsp3) is 0.583. The number of nitrogens with one attached hydrogen (secondary N) is 1. The van der Waals surface area contributed by atoms with Gasteiger partial charge in [0.2, 0.25) is 5.91 Å². The van der Waals surface area contributed by atoms with Gasteiger partial charge in [-0.2, -0.15) is 0 Å². The monoisotopic (exact) mass is 235 g/mol. The van der Waals surface area contributed by atoms with E-state index in [1.807, 2.05) is 13.1 Å². The van der Waals surface area contributed by atoms with E-state index in [1.165, 1.54) is 7.11 Å². The zero-order valence-corrected chi connectivity index (χ0v) is 10.2. The van der Waals surface area contributed by atoms with Gasteiger partial charge in [-0.05, 0) is 26.2 Å². The van der Waals surface area contributed by atoms with Gasteiger partial charge in [0.15, 0.2) is 0 Å². The number of carbonyl (C=O) groups is 1. The topological polar surface area (TPSA) is 64.1 Å². The Kier molecular flexibility index (Phi) is 3.68. The van der Waals surface area contributed by atoms with Crippen molar-refractivity contribution >= 4 is 5.91 Å². The Balaban J connectivity index is 2.14. The number of ether oxygens (including phenoxy) is 1. The smallest absolute Gasteiger partial charge is 0.246 e. The summed E-state index contributed by atoms with van der Waals surface area (Å²) < 4.78 is 4.81. The number of aromatic nitrogens is 2. The minimum atomic E-state index is -0.0917. The molecule has 0 aromatic carbocycles. The molecule has 1 aliphatic carbocycles. The molecule has 0 fully saturated rings. The number of amides is 1. The van der Waals surface area contributed by atoms with Crippen LogP contribution in [0, 0.1) is 6.92 Å². The first-order valence-corrected chi connectivity index (χ1v) is 5.81. The Morgan fingerprint density at radius 3 is 3.24 bits per heavy atom. The van der Waals surface area contributed by atoms with E-state index < -0.39 is 0 Å². The van der Waals surface area contributed by atoms with Crippen LogP contribution in [-0.2, 0) is 16.0 Å². The molecule has 17 heavy (non-hydrogen) atoms. The lowest BCUT2D eigenvalue weighted by Gasteiger charge is -2.25. The zero-order chi connectivity index (χ0) is 12.3. The minimum absolute atomic E-state index is 0.0296. The number of hydrogen-bond donors (Lipinski definition) is 1. The van der Waals surface area contributed by atoms with Crippen LogP contribution in [0.15, 0.2) is 6.20 Å². The molecule has 2 rings (SSSR count). The highest BCUT2D eigenvalue weighted by molar-refractivity contribution is 5.77. The SMILES string of the molecule is COCC(=O)N[C@@H]1CCCc2nc(C)ncc21. The molecule has 0 bridgehead atoms. The van der Waals surface area contributed by atoms with Crippen LogP contribution in [0.1, 0.15) is 36.0 Å². The maximum atomic E-state index is 11.5. The highest BCUT2D eigenvalue weighted by Crippen LogP contribution is 2.27. The lowest BCUT2D eigenvalue weighted by Crippen LogP contribution is -2.33. The van der Waals surface area contributed by atoms with E-state index in [1.54, 1.807) is 0 Å². The van der Waals surface area contributed by atoms with Crippen LogP contribution in [0.4, 0.5) is 0 Å². The maximum Gasteiger partial charge on any atom is 0.246 e. The fourth-order valence-corrected chi connectivity index (χ4v) is 2.16. The van der Waals surface area contributed by atoms with Crippen LogP contribution >= 0.6 is 0 Å². The van der Waals surface area contributed by atoms with Crippen molar-refractivity contribution in [1.82, 2.24) is 15.3 Å². The van der Waals surface area contributed by atoms with E-state index in [0.717, 1.165) is 36.3 Å². The molecule has 5 heteroatoms. The van der Waals surface area contributed by atoms with Gasteiger partial charge in [-0.1, -0.05) is 0 Å². The van der Waals surface area contributed by atoms with Gasteiger partial charge in [0.25, 0.3) is 0 Å². The van der Waals surface area contributed by atoms with Gasteiger partial charge in [-0.3, -0.25) is 4.79 Å². The number of carbonyl (C=O) groups excluding carboxylic acids is 1. The number of nitrogens with zero attached hydrogens (tertiary/aromatic N) is 2. The van der Waals surface area contributed by atoms with Crippen molar-refractivity contribution in [2.45, 2.75) is 32.2 Å². The van der Waals surface area contributed by atoms with Crippen LogP contribution in [0.3, 0.4) is 0 Å². The lowest BCUT2D eigenvalue weighted by atomic mass is 9.92. The number of hydrogen-bond acceptors (Lipinski definition) is 4. The van der Waals surface area contributed by atoms with Crippen LogP contribution in [0.25, 0.3) is 0 Å². The molecule has 92 valence electrons. The molecular formula is C12H17N3O2. The highest BCUT2D eigenvalue weighted by Gasteiger charge is 2.23. The molecule has 1 heterocycles. The number of fused-ring (bicyclic) bond motifs is 1. The number of rotatable bonds is 3. The maximum absolute atomic E-state index is 11.5. The summed E-state index contributed by atoms with van der Waals surface area (Å²) >= 11 is 0. The molecule has 0 saturated carbocycles. The Labute approximate surface area is 101 Å². The molecule has 1 N–H and O–H groups in total. The van der Waals surface area contributed by atoms with Gasteiger partial charge in [0, 0.05) is 24.6 Å². The summed E-state index contributed by atoms with van der Waals surface area (Å²) in [6, 6.07) is 0.0296. The van der Waals surface area contributed by atoms with Crippen molar-refractivity contribution in [2.24, 2.45) is 0 Å². The summed E-state index contributed by atoms with van der Waals surface area (Å²) in [5.41, 5.74) is 2.11. The van der Waals surface area contributed by atoms with Gasteiger partial charge < -0.3 is 10.1 Å². The first-order chi connectivity index (χ1) is 8.20. The van der Waals surface area contributed by atoms with Crippen LogP contribution in [0.2, 0.25) is 0 Å². The van der Waals surface area contributed by atoms with Gasteiger partial charge in [-0.25, -0.2) is 9.97 Å². The molecule has 0 spiro atoms. The average Bonchev–Trinajstić information content (AvgIpc) is 2.29. The van der Waals surface area contributed by atoms with E-state index in [0.29, 0.717) is 0 Å². The van der Waals surface area contributed by atoms with Crippen molar-refractivity contribution in [1.29, 1.82) is 0 Å². The number of methoxy groups -OCH3 is 1. The third kappa shape index (κ3) is 2.79. The third-order valence-electron chi connectivity index (χ3n) is 2.91. The Bertz CT molecular complexity index is 420. The predicted molar refractivity (Wildman–Crippen MR) is 62.5 cm³/mol. The molecule has 0 unspecified atom stereocenters. The third-order valence-corrected chi connectivity index (χ3v) is 2.91. The number of aryl methyl sites for hydroxylation is 2. The van der Waals surface area contributed by atoms with Crippen molar-refractivity contribution in [3.8, 4) is 0 Å². The Hall–Kier alpha value is -1.49. The summed E-state index contributed by atoms with van der Waals surface area (Å²) in [7, 11) is 1.51. The molecule has 1 aromatic rings. The normalized spacial score (nSPS) is 18.6. The van der Waals surface area contributed by atoms with Crippen molar-refractivity contribution in [3.63, 3.8) is 0 Å². The molecule has 0 radical (unpaired) electrons. The predicted octanol–water partition coefficient (Wildman–Crippen LogP) is 0.925. The van der Waals surface area contributed by atoms with Crippen LogP contribution < -0.4 is 5.32 Å². The van der Waals surface area contributed by atoms with E-state index in [-0.39, 0.29) is 18.6 Å². The zero-order valence-electron chi connectivity index (χ0n) is 10.2. The van der Waals surface area contributed by atoms with E-state index >= 15 is 0 Å². The van der Waals surface area contributed by atoms with Gasteiger partial charge in [0.1, 0.15) is 12.4 Å². The molecule has 1 amide bonds. The van der Waals surface area contributed by atoms with Crippen LogP contribution in [-0.4, -0.2) is 29.6 Å². The summed E-state index contributed by atoms with van der Waals surface area (Å²) in [5.74, 6) is 0.693. The molecule has 1 aliphatic rings. The van der Waals surface area contributed by atoms with E-state index in [4.69, 9.17) is 4.74 Å². The average molecular weight is 235 g/mol. The molecule has 1 aromatic heterocycles. The van der Waals surface area contributed by atoms with Crippen molar-refractivity contribution in [2.75, 3.05) is 13.7 Å². The molecule has 0 aliphatic heterocycles. The van der Waals surface area contributed by atoms with E-state index in [2.05, 4.69) is 15.3 Å². The quantitative estimate of drug-likeness (QED) is 0.846. The Morgan fingerprint density at radius 2 is 2.47 bits per heavy atom. The minimum Gasteiger partial charge on any atom is -0.375 e. The first-order valence-electron chi connectivity index (χ1n) is 5.81. The highest BCUT2D eigenvalue weighted by atomic mass is 16.5. The molecule has 0 saturated heterocycles. The second kappa shape index (κ2) is 5.23. The van der Waals surface area contributed by atoms with Crippen molar-refractivity contribution < 1.29 is 9.53 Å². The largest absolute Gasteiger partial charge is 0.375 e. The molecular weight excluding hydrogens is 218 g/mol. The van der Waals surface area contributed by atoms with Crippen molar-refractivity contribution in [3.05, 3.63) is 23.3 Å². The second-order valence-corrected chi connectivity index (χ2v) is 4.26. The van der Waals surface area contributed by atoms with E-state index in [9.17, 15) is 4.79 Å². The summed E-state index contributed by atoms with van der Waals surface area (Å²) in [5, 5.41) is 2.95. The van der Waals surface area contributed by atoms with Gasteiger partial charge >= 0.3 is 0 Å². The Morgan fingerprint density at radius 1 is 1.65 bits per heavy atom. The van der Waals surface area contributed by atoms with Gasteiger partial charge in [-0.15, -0.1) is 0 Å². The lowest BCUT2D eigenvalue weighted by molar-refractivity contribution is -0.125. The molecule has 1 atom stereocenters. The summed E-state index contributed by atoms with van der Waals surface area (Å²) in [6.07, 6.45) is 4.78. The fourth-order valence-electron chi connectivity index (χ4n) is 2.16. The van der Waals surface area contributed by atoms with Gasteiger partial charge in [0.05, 0.1) is 6.04 Å². The standard InChI is InChI=1S/C12H17N3O2/c1-8-13-6-9-10(14-8)4-3-5-11(9)15-12(16)7-17-2/h6,11H,3-5,7H2,1-2H3,(H,15,16)/t11-/m1/s1. The van der Waals surface area contributed by atoms with Crippen LogP contribution in [0.5, 0.6) is 0 Å². The first kappa shape index (κ1) is 12.0. The summed E-state index contributed by atoms with van der Waals surface area (Å²) in [4.78, 5) is 20.1. The molecule has 5 nitrogen and oxygen atoms in total. The second-order valence-electron chi connectivity index (χ2n) is 4.26.